The highest BCUT2D eigenvalue weighted by Crippen LogP contribution is 2.56. The van der Waals surface area contributed by atoms with Crippen molar-refractivity contribution in [1.82, 2.24) is 19.5 Å². The third-order valence-corrected chi connectivity index (χ3v) is 5.82. The Morgan fingerprint density at radius 1 is 1.17 bits per heavy atom. The van der Waals surface area contributed by atoms with Crippen LogP contribution in [-0.4, -0.2) is 25.4 Å². The smallest absolute Gasteiger partial charge is 0.333 e. The molecule has 1 aliphatic carbocycles. The fourth-order valence-corrected chi connectivity index (χ4v) is 4.06. The summed E-state index contributed by atoms with van der Waals surface area (Å²) < 4.78 is 40.1. The van der Waals surface area contributed by atoms with E-state index in [1.54, 1.807) is 35.4 Å². The Bertz CT molecular complexity index is 1170. The second-order valence-corrected chi connectivity index (χ2v) is 7.94. The van der Waals surface area contributed by atoms with Crippen molar-refractivity contribution in [3.05, 3.63) is 58.8 Å². The Morgan fingerprint density at radius 3 is 2.47 bits per heavy atom. The molecule has 1 fully saturated rings. The van der Waals surface area contributed by atoms with Crippen molar-refractivity contribution in [3.8, 4) is 11.4 Å². The van der Waals surface area contributed by atoms with E-state index in [9.17, 15) is 18.0 Å². The fourth-order valence-electron chi connectivity index (χ4n) is 3.93. The lowest BCUT2D eigenvalue weighted by Gasteiger charge is -2.17. The molecule has 30 heavy (non-hydrogen) atoms. The molecule has 0 saturated heterocycles. The molecule has 1 spiro atoms. The Morgan fingerprint density at radius 2 is 1.87 bits per heavy atom. The Hall–Kier alpha value is -2.94. The maximum atomic E-state index is 13.0. The molecule has 6 nitrogen and oxygen atoms in total. The first-order valence-corrected chi connectivity index (χ1v) is 9.62. The molecule has 1 aliphatic heterocycles. The number of carbonyl (C=O) groups is 1. The molecule has 0 unspecified atom stereocenters. The number of halogens is 4. The first kappa shape index (κ1) is 19.0. The van der Waals surface area contributed by atoms with Crippen molar-refractivity contribution in [2.75, 3.05) is 4.90 Å². The summed E-state index contributed by atoms with van der Waals surface area (Å²) in [6, 6.07) is 6.92. The van der Waals surface area contributed by atoms with E-state index in [-0.39, 0.29) is 23.6 Å². The van der Waals surface area contributed by atoms with Gasteiger partial charge in [-0.3, -0.25) is 9.69 Å². The van der Waals surface area contributed by atoms with Crippen molar-refractivity contribution in [2.24, 2.45) is 7.05 Å². The fraction of sp³-hybridized carbons (Fsp3) is 0.300. The normalized spacial score (nSPS) is 17.0. The number of imidazole rings is 1. The van der Waals surface area contributed by atoms with Gasteiger partial charge in [-0.1, -0.05) is 24.3 Å². The van der Waals surface area contributed by atoms with Gasteiger partial charge in [0.05, 0.1) is 12.0 Å². The molecule has 2 aliphatic rings. The van der Waals surface area contributed by atoms with Crippen LogP contribution in [0.25, 0.3) is 11.4 Å². The zero-order valence-corrected chi connectivity index (χ0v) is 16.5. The monoisotopic (exact) mass is 433 g/mol. The first-order valence-electron chi connectivity index (χ1n) is 9.24. The van der Waals surface area contributed by atoms with Crippen LogP contribution < -0.4 is 4.90 Å². The van der Waals surface area contributed by atoms with Crippen LogP contribution in [0.4, 0.5) is 19.0 Å². The van der Waals surface area contributed by atoms with E-state index in [0.29, 0.717) is 11.4 Å². The van der Waals surface area contributed by atoms with E-state index in [4.69, 9.17) is 11.6 Å². The van der Waals surface area contributed by atoms with E-state index in [0.717, 1.165) is 30.2 Å². The molecular formula is C20H15ClF3N5O. The number of rotatable bonds is 3. The number of amides is 1. The van der Waals surface area contributed by atoms with E-state index in [1.807, 2.05) is 0 Å². The Labute approximate surface area is 174 Å². The van der Waals surface area contributed by atoms with E-state index in [2.05, 4.69) is 15.0 Å². The lowest BCUT2D eigenvalue weighted by atomic mass is 10.0. The summed E-state index contributed by atoms with van der Waals surface area (Å²) in [4.78, 5) is 26.6. The number of fused-ring (bicyclic) bond motifs is 2. The number of hydrogen-bond acceptors (Lipinski definition) is 4. The standard InChI is InChI=1S/C20H15ClF3N5O/c1-28-10-14(20(22,23)24)26-15(28)12-4-2-11(3-5-12)9-29-16-13(8-25-18(21)27-16)19(6-7-19)17(29)30/h2-5,8,10H,6-7,9H2,1H3. The quantitative estimate of drug-likeness (QED) is 0.583. The molecule has 2 aromatic heterocycles. The average Bonchev–Trinajstić information content (AvgIpc) is 3.35. The molecule has 3 heterocycles. The van der Waals surface area contributed by atoms with E-state index in [1.165, 1.54) is 11.6 Å². The summed E-state index contributed by atoms with van der Waals surface area (Å²) in [6.45, 7) is 0.287. The molecule has 5 rings (SSSR count). The molecule has 154 valence electrons. The summed E-state index contributed by atoms with van der Waals surface area (Å²) >= 11 is 5.94. The number of nitrogens with zero attached hydrogens (tertiary/aromatic N) is 5. The molecule has 3 aromatic rings. The van der Waals surface area contributed by atoms with Gasteiger partial charge >= 0.3 is 6.18 Å². The van der Waals surface area contributed by atoms with Gasteiger partial charge in [0, 0.05) is 30.6 Å². The van der Waals surface area contributed by atoms with Crippen LogP contribution in [0, 0.1) is 0 Å². The molecular weight excluding hydrogens is 419 g/mol. The third-order valence-electron chi connectivity index (χ3n) is 5.63. The molecule has 1 aromatic carbocycles. The third kappa shape index (κ3) is 2.87. The number of carbonyl (C=O) groups excluding carboxylic acids is 1. The number of aromatic nitrogens is 4. The van der Waals surface area contributed by atoms with Crippen molar-refractivity contribution in [1.29, 1.82) is 0 Å². The minimum Gasteiger partial charge on any atom is -0.333 e. The summed E-state index contributed by atoms with van der Waals surface area (Å²) in [7, 11) is 1.52. The topological polar surface area (TPSA) is 63.9 Å². The lowest BCUT2D eigenvalue weighted by Crippen LogP contribution is -2.31. The van der Waals surface area contributed by atoms with Crippen molar-refractivity contribution >= 4 is 23.3 Å². The minimum atomic E-state index is -4.50. The predicted molar refractivity (Wildman–Crippen MR) is 103 cm³/mol. The van der Waals surface area contributed by atoms with Crippen LogP contribution in [-0.2, 0) is 30.0 Å². The molecule has 1 saturated carbocycles. The number of anilines is 1. The van der Waals surface area contributed by atoms with Crippen LogP contribution in [0.5, 0.6) is 0 Å². The summed E-state index contributed by atoms with van der Waals surface area (Å²) in [6.07, 6.45) is -0.388. The second-order valence-electron chi connectivity index (χ2n) is 7.61. The minimum absolute atomic E-state index is 0.0166. The highest BCUT2D eigenvalue weighted by Gasteiger charge is 2.60. The van der Waals surface area contributed by atoms with Gasteiger partial charge in [0.15, 0.2) is 5.69 Å². The Balaban J connectivity index is 1.42. The van der Waals surface area contributed by atoms with Gasteiger partial charge in [-0.15, -0.1) is 0 Å². The van der Waals surface area contributed by atoms with E-state index < -0.39 is 17.3 Å². The van der Waals surface area contributed by atoms with Gasteiger partial charge in [-0.05, 0) is 30.0 Å². The summed E-state index contributed by atoms with van der Waals surface area (Å²) in [5.41, 5.74) is 0.710. The number of hydrogen-bond donors (Lipinski definition) is 0. The SMILES string of the molecule is Cn1cc(C(F)(F)F)nc1-c1ccc(CN2C(=O)C3(CC3)c3cnc(Cl)nc32)cc1. The van der Waals surface area contributed by atoms with Crippen LogP contribution in [0.1, 0.15) is 29.7 Å². The highest BCUT2D eigenvalue weighted by atomic mass is 35.5. The first-order chi connectivity index (χ1) is 14.2. The van der Waals surface area contributed by atoms with Gasteiger partial charge < -0.3 is 4.57 Å². The molecule has 0 atom stereocenters. The molecule has 0 bridgehead atoms. The van der Waals surface area contributed by atoms with Crippen LogP contribution >= 0.6 is 11.6 Å². The van der Waals surface area contributed by atoms with Crippen molar-refractivity contribution < 1.29 is 18.0 Å². The number of alkyl halides is 3. The molecule has 10 heteroatoms. The van der Waals surface area contributed by atoms with Crippen molar-refractivity contribution in [2.45, 2.75) is 31.0 Å². The van der Waals surface area contributed by atoms with Gasteiger partial charge in [0.1, 0.15) is 11.6 Å². The van der Waals surface area contributed by atoms with Crippen molar-refractivity contribution in [3.63, 3.8) is 0 Å². The molecule has 0 radical (unpaired) electrons. The van der Waals surface area contributed by atoms with Gasteiger partial charge in [0.25, 0.3) is 0 Å². The average molecular weight is 434 g/mol. The summed E-state index contributed by atoms with van der Waals surface area (Å²) in [5, 5.41) is 0.0786. The lowest BCUT2D eigenvalue weighted by molar-refractivity contribution is -0.140. The van der Waals surface area contributed by atoms with Gasteiger partial charge in [-0.25, -0.2) is 9.97 Å². The van der Waals surface area contributed by atoms with Gasteiger partial charge in [-0.2, -0.15) is 18.2 Å². The molecule has 1 amide bonds. The maximum absolute atomic E-state index is 13.0. The number of benzene rings is 1. The zero-order chi connectivity index (χ0) is 21.3. The highest BCUT2D eigenvalue weighted by molar-refractivity contribution is 6.28. The Kier molecular flexibility index (Phi) is 3.99. The number of aryl methyl sites for hydroxylation is 1. The van der Waals surface area contributed by atoms with Crippen LogP contribution in [0.2, 0.25) is 5.28 Å². The maximum Gasteiger partial charge on any atom is 0.434 e. The van der Waals surface area contributed by atoms with Crippen LogP contribution in [0.3, 0.4) is 0 Å². The summed E-state index contributed by atoms with van der Waals surface area (Å²) in [5.74, 6) is 0.727. The van der Waals surface area contributed by atoms with Crippen LogP contribution in [0.15, 0.2) is 36.7 Å². The second kappa shape index (κ2) is 6.28. The van der Waals surface area contributed by atoms with E-state index >= 15 is 0 Å². The molecule has 0 N–H and O–H groups in total. The van der Waals surface area contributed by atoms with Gasteiger partial charge in [0.2, 0.25) is 11.2 Å². The predicted octanol–water partition coefficient (Wildman–Crippen LogP) is 4.13. The zero-order valence-electron chi connectivity index (χ0n) is 15.7. The largest absolute Gasteiger partial charge is 0.434 e.